The highest BCUT2D eigenvalue weighted by atomic mass is 79.9. The van der Waals surface area contributed by atoms with Gasteiger partial charge in [-0.05, 0) is 42.7 Å². The molecule has 6 nitrogen and oxygen atoms in total. The Balaban J connectivity index is 1.48. The first-order valence-corrected chi connectivity index (χ1v) is 9.74. The highest BCUT2D eigenvalue weighted by Crippen LogP contribution is 2.29. The number of halogens is 1. The number of aromatic nitrogens is 3. The number of fused-ring (bicyclic) bond motifs is 1. The number of amides is 1. The van der Waals surface area contributed by atoms with E-state index in [0.717, 1.165) is 22.9 Å². The summed E-state index contributed by atoms with van der Waals surface area (Å²) >= 11 is 3.38. The Morgan fingerprint density at radius 1 is 1.30 bits per heavy atom. The van der Waals surface area contributed by atoms with Crippen molar-refractivity contribution in [2.75, 3.05) is 0 Å². The molecule has 1 aliphatic rings. The van der Waals surface area contributed by atoms with Crippen LogP contribution in [0.1, 0.15) is 24.8 Å². The first kappa shape index (κ1) is 17.9. The normalized spacial score (nSPS) is 13.7. The predicted octanol–water partition coefficient (Wildman–Crippen LogP) is 3.14. The van der Waals surface area contributed by atoms with Crippen LogP contribution < -0.4 is 5.56 Å². The van der Waals surface area contributed by atoms with Gasteiger partial charge in [0, 0.05) is 42.4 Å². The van der Waals surface area contributed by atoms with Gasteiger partial charge in [0.2, 0.25) is 5.91 Å². The fraction of sp³-hybridized carbons (Fsp3) is 0.300. The van der Waals surface area contributed by atoms with Crippen molar-refractivity contribution in [2.24, 2.45) is 0 Å². The fourth-order valence-electron chi connectivity index (χ4n) is 3.15. The number of hydrogen-bond donors (Lipinski definition) is 0. The first-order chi connectivity index (χ1) is 13.1. The molecule has 0 bridgehead atoms. The van der Waals surface area contributed by atoms with E-state index >= 15 is 0 Å². The lowest BCUT2D eigenvalue weighted by Crippen LogP contribution is -2.34. The number of nitrogens with zero attached hydrogens (tertiary/aromatic N) is 4. The van der Waals surface area contributed by atoms with Crippen LogP contribution in [0, 0.1) is 0 Å². The minimum atomic E-state index is -0.126. The molecule has 0 radical (unpaired) electrons. The Kier molecular flexibility index (Phi) is 5.03. The van der Waals surface area contributed by atoms with E-state index in [1.807, 2.05) is 23.1 Å². The third-order valence-corrected chi connectivity index (χ3v) is 5.23. The summed E-state index contributed by atoms with van der Waals surface area (Å²) in [6.45, 7) is 0.887. The topological polar surface area (TPSA) is 68.1 Å². The number of pyridine rings is 1. The van der Waals surface area contributed by atoms with Crippen molar-refractivity contribution >= 4 is 32.7 Å². The largest absolute Gasteiger partial charge is 0.335 e. The summed E-state index contributed by atoms with van der Waals surface area (Å²) in [6, 6.07) is 9.59. The number of carbonyl (C=O) groups excluding carboxylic acids is 1. The van der Waals surface area contributed by atoms with Gasteiger partial charge >= 0.3 is 0 Å². The summed E-state index contributed by atoms with van der Waals surface area (Å²) in [5, 5.41) is 0.550. The maximum Gasteiger partial charge on any atom is 0.261 e. The first-order valence-electron chi connectivity index (χ1n) is 8.95. The maximum atomic E-state index is 12.8. The quantitative estimate of drug-likeness (QED) is 0.606. The van der Waals surface area contributed by atoms with E-state index in [4.69, 9.17) is 0 Å². The smallest absolute Gasteiger partial charge is 0.261 e. The van der Waals surface area contributed by atoms with E-state index in [2.05, 4.69) is 25.9 Å². The van der Waals surface area contributed by atoms with Crippen LogP contribution in [0.5, 0.6) is 0 Å². The monoisotopic (exact) mass is 426 g/mol. The van der Waals surface area contributed by atoms with Gasteiger partial charge in [-0.3, -0.25) is 19.1 Å². The second-order valence-corrected chi connectivity index (χ2v) is 7.68. The van der Waals surface area contributed by atoms with E-state index in [0.29, 0.717) is 30.0 Å². The average Bonchev–Trinajstić information content (AvgIpc) is 3.52. The standard InChI is InChI=1S/C20H19BrN4O2/c21-15-3-6-18-17(10-15)20(27)24(13-23-18)9-7-19(26)25(16-4-5-16)12-14-2-1-8-22-11-14/h1-3,6,8,10-11,13,16H,4-5,7,9,12H2. The molecule has 1 aliphatic carbocycles. The molecular formula is C20H19BrN4O2. The zero-order valence-corrected chi connectivity index (χ0v) is 16.3. The van der Waals surface area contributed by atoms with E-state index in [1.54, 1.807) is 24.5 Å². The van der Waals surface area contributed by atoms with Gasteiger partial charge in [-0.15, -0.1) is 0 Å². The molecule has 2 heterocycles. The second-order valence-electron chi connectivity index (χ2n) is 6.77. The van der Waals surface area contributed by atoms with Crippen molar-refractivity contribution in [3.05, 3.63) is 69.4 Å². The number of rotatable bonds is 6. The van der Waals surface area contributed by atoms with Crippen LogP contribution in [0.2, 0.25) is 0 Å². The zero-order chi connectivity index (χ0) is 18.8. The Morgan fingerprint density at radius 3 is 2.89 bits per heavy atom. The number of benzene rings is 1. The minimum absolute atomic E-state index is 0.0580. The predicted molar refractivity (Wildman–Crippen MR) is 106 cm³/mol. The molecule has 0 N–H and O–H groups in total. The SMILES string of the molecule is O=C(CCn1cnc2ccc(Br)cc2c1=O)N(Cc1cccnc1)C1CC1. The molecule has 27 heavy (non-hydrogen) atoms. The zero-order valence-electron chi connectivity index (χ0n) is 14.7. The molecule has 138 valence electrons. The molecule has 0 atom stereocenters. The van der Waals surface area contributed by atoms with Crippen LogP contribution >= 0.6 is 15.9 Å². The Labute approximate surface area is 165 Å². The summed E-state index contributed by atoms with van der Waals surface area (Å²) in [5.74, 6) is 0.0580. The van der Waals surface area contributed by atoms with Crippen molar-refractivity contribution in [1.82, 2.24) is 19.4 Å². The van der Waals surface area contributed by atoms with E-state index < -0.39 is 0 Å². The molecule has 4 rings (SSSR count). The summed E-state index contributed by atoms with van der Waals surface area (Å²) < 4.78 is 2.35. The molecule has 1 aromatic carbocycles. The maximum absolute atomic E-state index is 12.8. The summed E-state index contributed by atoms with van der Waals surface area (Å²) in [7, 11) is 0. The van der Waals surface area contributed by atoms with Crippen LogP contribution in [0.4, 0.5) is 0 Å². The number of carbonyl (C=O) groups is 1. The Morgan fingerprint density at radius 2 is 2.15 bits per heavy atom. The molecule has 1 amide bonds. The molecule has 3 aromatic rings. The molecular weight excluding hydrogens is 408 g/mol. The van der Waals surface area contributed by atoms with Crippen molar-refractivity contribution in [1.29, 1.82) is 0 Å². The lowest BCUT2D eigenvalue weighted by molar-refractivity contribution is -0.132. The fourth-order valence-corrected chi connectivity index (χ4v) is 3.51. The molecule has 1 saturated carbocycles. The lowest BCUT2D eigenvalue weighted by atomic mass is 10.2. The molecule has 2 aromatic heterocycles. The number of hydrogen-bond acceptors (Lipinski definition) is 4. The molecule has 0 unspecified atom stereocenters. The molecule has 0 saturated heterocycles. The summed E-state index contributed by atoms with van der Waals surface area (Å²) in [6.07, 6.45) is 7.39. The Bertz CT molecular complexity index is 1030. The van der Waals surface area contributed by atoms with Gasteiger partial charge in [-0.25, -0.2) is 4.98 Å². The van der Waals surface area contributed by atoms with Crippen molar-refractivity contribution in [3.8, 4) is 0 Å². The van der Waals surface area contributed by atoms with E-state index in [9.17, 15) is 9.59 Å². The van der Waals surface area contributed by atoms with E-state index in [-0.39, 0.29) is 17.9 Å². The Hall–Kier alpha value is -2.54. The van der Waals surface area contributed by atoms with Gasteiger partial charge in [0.1, 0.15) is 0 Å². The van der Waals surface area contributed by atoms with Gasteiger partial charge in [-0.2, -0.15) is 0 Å². The number of aryl methyl sites for hydroxylation is 1. The molecule has 7 heteroatoms. The van der Waals surface area contributed by atoms with Crippen molar-refractivity contribution in [2.45, 2.75) is 38.4 Å². The van der Waals surface area contributed by atoms with Crippen LogP contribution in [0.25, 0.3) is 10.9 Å². The highest BCUT2D eigenvalue weighted by Gasteiger charge is 2.32. The van der Waals surface area contributed by atoms with Crippen LogP contribution in [-0.4, -0.2) is 31.4 Å². The van der Waals surface area contributed by atoms with Crippen molar-refractivity contribution < 1.29 is 4.79 Å². The van der Waals surface area contributed by atoms with Crippen LogP contribution in [0.3, 0.4) is 0 Å². The van der Waals surface area contributed by atoms with Gasteiger partial charge in [-0.1, -0.05) is 22.0 Å². The van der Waals surface area contributed by atoms with Crippen molar-refractivity contribution in [3.63, 3.8) is 0 Å². The van der Waals surface area contributed by atoms with E-state index in [1.165, 1.54) is 10.9 Å². The van der Waals surface area contributed by atoms with Crippen LogP contribution in [-0.2, 0) is 17.9 Å². The van der Waals surface area contributed by atoms with Crippen LogP contribution in [0.15, 0.2) is 58.3 Å². The highest BCUT2D eigenvalue weighted by molar-refractivity contribution is 9.10. The second kappa shape index (κ2) is 7.60. The van der Waals surface area contributed by atoms with Gasteiger partial charge in [0.25, 0.3) is 5.56 Å². The lowest BCUT2D eigenvalue weighted by Gasteiger charge is -2.22. The minimum Gasteiger partial charge on any atom is -0.335 e. The van der Waals surface area contributed by atoms with Gasteiger partial charge in [0.15, 0.2) is 0 Å². The third-order valence-electron chi connectivity index (χ3n) is 4.74. The van der Waals surface area contributed by atoms with Gasteiger partial charge in [0.05, 0.1) is 17.2 Å². The summed E-state index contributed by atoms with van der Waals surface area (Å²) in [4.78, 5) is 35.8. The molecule has 0 spiro atoms. The molecule has 0 aliphatic heterocycles. The average molecular weight is 427 g/mol. The summed E-state index contributed by atoms with van der Waals surface area (Å²) in [5.41, 5.74) is 1.55. The molecule has 1 fully saturated rings. The third kappa shape index (κ3) is 4.08. The van der Waals surface area contributed by atoms with Gasteiger partial charge < -0.3 is 4.90 Å².